The molecule has 0 spiro atoms. The predicted molar refractivity (Wildman–Crippen MR) is 140 cm³/mol. The highest BCUT2D eigenvalue weighted by atomic mass is 79.9. The lowest BCUT2D eigenvalue weighted by molar-refractivity contribution is 0.164. The van der Waals surface area contributed by atoms with Crippen molar-refractivity contribution in [1.82, 2.24) is 15.3 Å². The van der Waals surface area contributed by atoms with E-state index in [-0.39, 0.29) is 18.5 Å². The molecule has 0 radical (unpaired) electrons. The molecule has 1 aliphatic heterocycles. The number of hydrogen-bond donors (Lipinski definition) is 2. The third-order valence-electron chi connectivity index (χ3n) is 5.61. The number of anilines is 2. The van der Waals surface area contributed by atoms with E-state index >= 15 is 0 Å². The van der Waals surface area contributed by atoms with Gasteiger partial charge in [-0.1, -0.05) is 0 Å². The number of rotatable bonds is 10. The van der Waals surface area contributed by atoms with Crippen LogP contribution >= 0.6 is 15.9 Å². The zero-order chi connectivity index (χ0) is 24.8. The molecule has 35 heavy (non-hydrogen) atoms. The molecular weight excluding hydrogens is 536 g/mol. The molecule has 0 saturated carbocycles. The number of methoxy groups -OCH3 is 1. The number of nitrogens with zero attached hydrogens (tertiary/aromatic N) is 2. The van der Waals surface area contributed by atoms with E-state index in [0.29, 0.717) is 35.0 Å². The Hall–Kier alpha value is -2.63. The van der Waals surface area contributed by atoms with Crippen LogP contribution in [0, 0.1) is 0 Å². The summed E-state index contributed by atoms with van der Waals surface area (Å²) in [4.78, 5) is 8.97. The minimum Gasteiger partial charge on any atom is -0.497 e. The molecule has 1 saturated heterocycles. The summed E-state index contributed by atoms with van der Waals surface area (Å²) in [5.41, 5.74) is 1.45. The molecular formula is C24H29BrN4O5S. The lowest BCUT2D eigenvalue weighted by atomic mass is 10.1. The van der Waals surface area contributed by atoms with Crippen molar-refractivity contribution in [2.24, 2.45) is 0 Å². The van der Waals surface area contributed by atoms with Crippen LogP contribution in [-0.4, -0.2) is 63.3 Å². The molecule has 2 aromatic carbocycles. The van der Waals surface area contributed by atoms with Crippen LogP contribution in [0.2, 0.25) is 0 Å². The molecule has 188 valence electrons. The largest absolute Gasteiger partial charge is 0.497 e. The van der Waals surface area contributed by atoms with Gasteiger partial charge in [0.05, 0.1) is 36.1 Å². The van der Waals surface area contributed by atoms with Crippen LogP contribution in [0.5, 0.6) is 17.2 Å². The smallest absolute Gasteiger partial charge is 0.147 e. The summed E-state index contributed by atoms with van der Waals surface area (Å²) in [6.07, 6.45) is 4.94. The number of benzene rings is 2. The Morgan fingerprint density at radius 3 is 2.69 bits per heavy atom. The summed E-state index contributed by atoms with van der Waals surface area (Å²) in [5.74, 6) is 2.57. The Labute approximate surface area is 213 Å². The predicted octanol–water partition coefficient (Wildman–Crippen LogP) is 4.09. The van der Waals surface area contributed by atoms with Crippen LogP contribution in [0.3, 0.4) is 0 Å². The molecule has 1 fully saturated rings. The molecule has 4 rings (SSSR count). The zero-order valence-electron chi connectivity index (χ0n) is 19.7. The van der Waals surface area contributed by atoms with Crippen LogP contribution in [0.25, 0.3) is 10.9 Å². The number of sulfone groups is 1. The first-order valence-corrected chi connectivity index (χ1v) is 14.2. The fourth-order valence-corrected chi connectivity index (χ4v) is 4.85. The Morgan fingerprint density at radius 2 is 1.94 bits per heavy atom. The molecule has 0 unspecified atom stereocenters. The second kappa shape index (κ2) is 11.4. The number of halogens is 1. The average Bonchev–Trinajstić information content (AvgIpc) is 2.83. The van der Waals surface area contributed by atoms with Crippen molar-refractivity contribution >= 4 is 48.2 Å². The van der Waals surface area contributed by atoms with Crippen LogP contribution < -0.4 is 24.8 Å². The molecule has 2 heterocycles. The summed E-state index contributed by atoms with van der Waals surface area (Å²) in [5, 5.41) is 7.47. The SMILES string of the molecule is COc1ccc(Br)c(Nc2ncnc3cc(OCCCS(C)(=O)=O)cc(OC4CCNCC4)c23)c1. The standard InChI is InChI=1S/C24H29BrN4O5S/c1-32-17-4-5-19(25)20(12-17)29-24-23-21(27-15-28-24)13-18(33-10-3-11-35(2,30)31)14-22(23)34-16-6-8-26-9-7-16/h4-5,12-16,26H,3,6-11H2,1-2H3,(H,27,28,29). The van der Waals surface area contributed by atoms with Crippen molar-refractivity contribution in [2.45, 2.75) is 25.4 Å². The second-order valence-corrected chi connectivity index (χ2v) is 11.5. The number of ether oxygens (including phenoxy) is 3. The van der Waals surface area contributed by atoms with E-state index in [1.165, 1.54) is 12.6 Å². The number of fused-ring (bicyclic) bond motifs is 1. The molecule has 0 atom stereocenters. The summed E-state index contributed by atoms with van der Waals surface area (Å²) >= 11 is 3.58. The van der Waals surface area contributed by atoms with E-state index in [4.69, 9.17) is 14.2 Å². The first kappa shape index (κ1) is 25.5. The van der Waals surface area contributed by atoms with Gasteiger partial charge in [0.25, 0.3) is 0 Å². The van der Waals surface area contributed by atoms with Gasteiger partial charge in [-0.25, -0.2) is 18.4 Å². The van der Waals surface area contributed by atoms with Crippen LogP contribution in [-0.2, 0) is 9.84 Å². The monoisotopic (exact) mass is 564 g/mol. The number of piperidine rings is 1. The zero-order valence-corrected chi connectivity index (χ0v) is 22.1. The van der Waals surface area contributed by atoms with Gasteiger partial charge in [0.15, 0.2) is 0 Å². The molecule has 3 aromatic rings. The Balaban J connectivity index is 1.68. The summed E-state index contributed by atoms with van der Waals surface area (Å²) in [6, 6.07) is 9.30. The van der Waals surface area contributed by atoms with Gasteiger partial charge in [-0.3, -0.25) is 0 Å². The molecule has 1 aliphatic rings. The molecule has 2 N–H and O–H groups in total. The van der Waals surface area contributed by atoms with E-state index in [0.717, 1.165) is 41.5 Å². The maximum Gasteiger partial charge on any atom is 0.147 e. The Morgan fingerprint density at radius 1 is 1.14 bits per heavy atom. The van der Waals surface area contributed by atoms with Gasteiger partial charge in [0.2, 0.25) is 0 Å². The normalized spacial score (nSPS) is 14.6. The maximum absolute atomic E-state index is 11.4. The highest BCUT2D eigenvalue weighted by Gasteiger charge is 2.20. The fourth-order valence-electron chi connectivity index (χ4n) is 3.86. The van der Waals surface area contributed by atoms with Gasteiger partial charge in [-0.15, -0.1) is 0 Å². The average molecular weight is 565 g/mol. The van der Waals surface area contributed by atoms with Crippen LogP contribution in [0.1, 0.15) is 19.3 Å². The molecule has 1 aromatic heterocycles. The van der Waals surface area contributed by atoms with Crippen molar-refractivity contribution in [3.63, 3.8) is 0 Å². The summed E-state index contributed by atoms with van der Waals surface area (Å²) < 4.78 is 41.4. The maximum atomic E-state index is 11.4. The van der Waals surface area contributed by atoms with Crippen molar-refractivity contribution in [1.29, 1.82) is 0 Å². The molecule has 0 aliphatic carbocycles. The van der Waals surface area contributed by atoms with Crippen LogP contribution in [0.15, 0.2) is 41.1 Å². The van der Waals surface area contributed by atoms with Crippen molar-refractivity contribution < 1.29 is 22.6 Å². The minimum atomic E-state index is -3.04. The first-order chi connectivity index (χ1) is 16.8. The van der Waals surface area contributed by atoms with Crippen molar-refractivity contribution in [2.75, 3.05) is 44.1 Å². The minimum absolute atomic E-state index is 0.0524. The van der Waals surface area contributed by atoms with Crippen molar-refractivity contribution in [3.8, 4) is 17.2 Å². The van der Waals surface area contributed by atoms with Gasteiger partial charge in [0, 0.05) is 28.9 Å². The highest BCUT2D eigenvalue weighted by molar-refractivity contribution is 9.10. The van der Waals surface area contributed by atoms with Gasteiger partial charge < -0.3 is 24.8 Å². The number of hydrogen-bond acceptors (Lipinski definition) is 9. The summed E-state index contributed by atoms with van der Waals surface area (Å²) in [6.45, 7) is 2.06. The lowest BCUT2D eigenvalue weighted by Gasteiger charge is -2.25. The lowest BCUT2D eigenvalue weighted by Crippen LogP contribution is -2.34. The van der Waals surface area contributed by atoms with E-state index in [1.807, 2.05) is 30.3 Å². The third-order valence-corrected chi connectivity index (χ3v) is 7.33. The van der Waals surface area contributed by atoms with Gasteiger partial charge in [-0.05, 0) is 60.4 Å². The van der Waals surface area contributed by atoms with E-state index in [2.05, 4.69) is 36.5 Å². The van der Waals surface area contributed by atoms with E-state index < -0.39 is 9.84 Å². The summed E-state index contributed by atoms with van der Waals surface area (Å²) in [7, 11) is -1.42. The van der Waals surface area contributed by atoms with Crippen LogP contribution in [0.4, 0.5) is 11.5 Å². The molecule has 9 nitrogen and oxygen atoms in total. The third kappa shape index (κ3) is 6.96. The molecule has 0 bridgehead atoms. The quantitative estimate of drug-likeness (QED) is 0.351. The molecule has 11 heteroatoms. The second-order valence-electron chi connectivity index (χ2n) is 8.41. The first-order valence-electron chi connectivity index (χ1n) is 11.4. The Kier molecular flexibility index (Phi) is 8.30. The van der Waals surface area contributed by atoms with E-state index in [1.54, 1.807) is 7.11 Å². The number of aromatic nitrogens is 2. The van der Waals surface area contributed by atoms with Crippen molar-refractivity contribution in [3.05, 3.63) is 41.1 Å². The van der Waals surface area contributed by atoms with Gasteiger partial charge >= 0.3 is 0 Å². The highest BCUT2D eigenvalue weighted by Crippen LogP contribution is 2.38. The van der Waals surface area contributed by atoms with Gasteiger partial charge in [0.1, 0.15) is 45.3 Å². The fraction of sp³-hybridized carbons (Fsp3) is 0.417. The molecule has 0 amide bonds. The Bertz CT molecular complexity index is 1280. The van der Waals surface area contributed by atoms with E-state index in [9.17, 15) is 8.42 Å². The number of nitrogens with one attached hydrogen (secondary N) is 2. The topological polar surface area (TPSA) is 112 Å². The van der Waals surface area contributed by atoms with Gasteiger partial charge in [-0.2, -0.15) is 0 Å².